The number of carbonyl (C=O) groups excluding carboxylic acids is 1. The number of thiophene rings is 1. The smallest absolute Gasteiger partial charge is 0.328 e. The van der Waals surface area contributed by atoms with Crippen LogP contribution in [0, 0.1) is 5.92 Å². The van der Waals surface area contributed by atoms with Gasteiger partial charge in [-0.15, -0.1) is 23.1 Å². The molecule has 198 valence electrons. The Bertz CT molecular complexity index is 957. The molecule has 0 aliphatic rings. The van der Waals surface area contributed by atoms with Crippen molar-refractivity contribution in [1.29, 1.82) is 0 Å². The molecular formula is C27H38N2O5S2. The lowest BCUT2D eigenvalue weighted by atomic mass is 10.1. The predicted molar refractivity (Wildman–Crippen MR) is 147 cm³/mol. The van der Waals surface area contributed by atoms with Gasteiger partial charge >= 0.3 is 11.9 Å². The maximum atomic E-state index is 12.9. The van der Waals surface area contributed by atoms with E-state index in [0.29, 0.717) is 18.1 Å². The minimum atomic E-state index is -1.26. The van der Waals surface area contributed by atoms with Gasteiger partial charge in [0.15, 0.2) is 0 Å². The second kappa shape index (κ2) is 17.9. The molecule has 36 heavy (non-hydrogen) atoms. The molecule has 7 nitrogen and oxygen atoms in total. The molecule has 0 saturated carbocycles. The molecule has 0 unspecified atom stereocenters. The summed E-state index contributed by atoms with van der Waals surface area (Å²) in [6.45, 7) is 5.63. The van der Waals surface area contributed by atoms with E-state index in [1.165, 1.54) is 37.0 Å². The highest BCUT2D eigenvalue weighted by Crippen LogP contribution is 2.27. The highest BCUT2D eigenvalue weighted by molar-refractivity contribution is 7.99. The summed E-state index contributed by atoms with van der Waals surface area (Å²) < 4.78 is 0. The van der Waals surface area contributed by atoms with E-state index in [9.17, 15) is 14.4 Å². The van der Waals surface area contributed by atoms with E-state index in [1.807, 2.05) is 29.6 Å². The molecule has 2 aromatic rings. The van der Waals surface area contributed by atoms with Gasteiger partial charge in [-0.3, -0.25) is 4.79 Å². The van der Waals surface area contributed by atoms with Crippen LogP contribution < -0.4 is 0 Å². The molecule has 0 bridgehead atoms. The number of aromatic nitrogens is 1. The average molecular weight is 535 g/mol. The van der Waals surface area contributed by atoms with Crippen molar-refractivity contribution in [2.75, 3.05) is 26.4 Å². The summed E-state index contributed by atoms with van der Waals surface area (Å²) in [5, 5.41) is 18.5. The van der Waals surface area contributed by atoms with E-state index in [2.05, 4.69) is 32.8 Å². The lowest BCUT2D eigenvalue weighted by Gasteiger charge is -2.11. The Kier molecular flexibility index (Phi) is 15.6. The highest BCUT2D eigenvalue weighted by Gasteiger charge is 2.17. The van der Waals surface area contributed by atoms with E-state index < -0.39 is 11.9 Å². The molecule has 2 aromatic heterocycles. The Morgan fingerprint density at radius 3 is 2.25 bits per heavy atom. The third-order valence-electron chi connectivity index (χ3n) is 4.99. The molecule has 0 radical (unpaired) electrons. The number of carboxylic acid groups (broad SMARTS) is 2. The van der Waals surface area contributed by atoms with Crippen molar-refractivity contribution in [3.8, 4) is 0 Å². The monoisotopic (exact) mass is 534 g/mol. The van der Waals surface area contributed by atoms with Crippen LogP contribution in [-0.2, 0) is 16.0 Å². The average Bonchev–Trinajstić information content (AvgIpc) is 3.36. The van der Waals surface area contributed by atoms with E-state index in [4.69, 9.17) is 15.2 Å². The first-order valence-electron chi connectivity index (χ1n) is 12.1. The molecule has 0 aliphatic carbocycles. The normalized spacial score (nSPS) is 11.1. The maximum absolute atomic E-state index is 12.9. The minimum Gasteiger partial charge on any atom is -0.478 e. The van der Waals surface area contributed by atoms with E-state index >= 15 is 0 Å². The van der Waals surface area contributed by atoms with Gasteiger partial charge in [-0.1, -0.05) is 32.8 Å². The van der Waals surface area contributed by atoms with E-state index in [-0.39, 0.29) is 5.78 Å². The number of rotatable bonds is 15. The molecule has 0 spiro atoms. The summed E-state index contributed by atoms with van der Waals surface area (Å²) in [4.78, 5) is 39.9. The maximum Gasteiger partial charge on any atom is 0.328 e. The topological polar surface area (TPSA) is 108 Å². The van der Waals surface area contributed by atoms with Crippen LogP contribution in [0.3, 0.4) is 0 Å². The summed E-state index contributed by atoms with van der Waals surface area (Å²) in [5.41, 5.74) is 1.86. The molecule has 2 rings (SSSR count). The molecule has 0 amide bonds. The molecule has 2 N–H and O–H groups in total. The number of hydrogen-bond donors (Lipinski definition) is 2. The SMILES string of the molecule is CC(C)CCc1ccc(C(=O)c2cccs2)c(SCCCCCCN(C)C)n1.O=C(O)C=CC(=O)O. The Labute approximate surface area is 222 Å². The van der Waals surface area contributed by atoms with Gasteiger partial charge in [0.25, 0.3) is 0 Å². The Hall–Kier alpha value is -2.49. The van der Waals surface area contributed by atoms with E-state index in [0.717, 1.165) is 46.3 Å². The Morgan fingerprint density at radius 1 is 1.03 bits per heavy atom. The number of ketones is 1. The van der Waals surface area contributed by atoms with Crippen LogP contribution in [0.25, 0.3) is 0 Å². The summed E-state index contributed by atoms with van der Waals surface area (Å²) in [6.07, 6.45) is 8.14. The fraction of sp³-hybridized carbons (Fsp3) is 0.481. The summed E-state index contributed by atoms with van der Waals surface area (Å²) in [6, 6.07) is 7.86. The summed E-state index contributed by atoms with van der Waals surface area (Å²) in [5.74, 6) is -0.730. The van der Waals surface area contributed by atoms with Gasteiger partial charge in [0.2, 0.25) is 5.78 Å². The number of aryl methyl sites for hydroxylation is 1. The molecule has 0 atom stereocenters. The van der Waals surface area contributed by atoms with Crippen LogP contribution in [0.4, 0.5) is 0 Å². The molecule has 9 heteroatoms. The third kappa shape index (κ3) is 14.2. The quantitative estimate of drug-likeness (QED) is 0.126. The van der Waals surface area contributed by atoms with Crippen LogP contribution in [0.5, 0.6) is 0 Å². The van der Waals surface area contributed by atoms with Crippen LogP contribution in [-0.4, -0.2) is 64.2 Å². The molecule has 0 fully saturated rings. The minimum absolute atomic E-state index is 0.103. The number of thioether (sulfide) groups is 1. The molecule has 0 aromatic carbocycles. The zero-order valence-electron chi connectivity index (χ0n) is 21.6. The number of nitrogens with zero attached hydrogens (tertiary/aromatic N) is 2. The van der Waals surface area contributed by atoms with Crippen molar-refractivity contribution >= 4 is 40.8 Å². The number of carbonyl (C=O) groups is 3. The molecule has 2 heterocycles. The summed E-state index contributed by atoms with van der Waals surface area (Å²) >= 11 is 3.25. The Balaban J connectivity index is 0.000000697. The van der Waals surface area contributed by atoms with Crippen molar-refractivity contribution in [2.45, 2.75) is 57.4 Å². The number of hydrogen-bond acceptors (Lipinski definition) is 7. The lowest BCUT2D eigenvalue weighted by Crippen LogP contribution is -2.12. The fourth-order valence-corrected chi connectivity index (χ4v) is 4.79. The number of unbranched alkanes of at least 4 members (excludes halogenated alkanes) is 3. The van der Waals surface area contributed by atoms with Gasteiger partial charge in [-0.05, 0) is 81.6 Å². The zero-order chi connectivity index (χ0) is 26.9. The lowest BCUT2D eigenvalue weighted by molar-refractivity contribution is -0.134. The Morgan fingerprint density at radius 2 is 1.69 bits per heavy atom. The van der Waals surface area contributed by atoms with Crippen molar-refractivity contribution in [3.63, 3.8) is 0 Å². The van der Waals surface area contributed by atoms with Gasteiger partial charge < -0.3 is 15.1 Å². The standard InChI is InChI=1S/C23H34N2OS2.C4H4O4/c1-18(2)11-12-19-13-14-20(22(26)21-10-9-17-27-21)23(24-19)28-16-8-6-5-7-15-25(3)4;5-3(6)1-2-4(7)8/h9-10,13-14,17-18H,5-8,11-12,15-16H2,1-4H3;1-2H,(H,5,6)(H,7,8). The molecule has 0 saturated heterocycles. The molecular weight excluding hydrogens is 496 g/mol. The van der Waals surface area contributed by atoms with Gasteiger partial charge in [-0.25, -0.2) is 14.6 Å². The van der Waals surface area contributed by atoms with Crippen LogP contribution in [0.2, 0.25) is 0 Å². The van der Waals surface area contributed by atoms with E-state index in [1.54, 1.807) is 11.8 Å². The first-order chi connectivity index (χ1) is 17.1. The summed E-state index contributed by atoms with van der Waals surface area (Å²) in [7, 11) is 4.25. The van der Waals surface area contributed by atoms with Gasteiger partial charge in [0, 0.05) is 17.8 Å². The van der Waals surface area contributed by atoms with Crippen LogP contribution in [0.15, 0.2) is 46.8 Å². The first kappa shape index (κ1) is 31.5. The highest BCUT2D eigenvalue weighted by atomic mass is 32.2. The largest absolute Gasteiger partial charge is 0.478 e. The zero-order valence-corrected chi connectivity index (χ0v) is 23.2. The van der Waals surface area contributed by atoms with Crippen molar-refractivity contribution < 1.29 is 24.6 Å². The third-order valence-corrected chi connectivity index (χ3v) is 6.94. The van der Waals surface area contributed by atoms with Gasteiger partial charge in [0.05, 0.1) is 10.4 Å². The van der Waals surface area contributed by atoms with Crippen molar-refractivity contribution in [3.05, 3.63) is 57.9 Å². The van der Waals surface area contributed by atoms with Gasteiger partial charge in [-0.2, -0.15) is 0 Å². The van der Waals surface area contributed by atoms with Crippen LogP contribution >= 0.6 is 23.1 Å². The van der Waals surface area contributed by atoms with Crippen molar-refractivity contribution in [1.82, 2.24) is 9.88 Å². The number of pyridine rings is 1. The molecule has 0 aliphatic heterocycles. The van der Waals surface area contributed by atoms with Crippen LogP contribution in [0.1, 0.15) is 66.9 Å². The fourth-order valence-electron chi connectivity index (χ4n) is 3.07. The number of carboxylic acids is 2. The second-order valence-electron chi connectivity index (χ2n) is 8.97. The second-order valence-corrected chi connectivity index (χ2v) is 11.0. The first-order valence-corrected chi connectivity index (χ1v) is 14.0. The number of aliphatic carboxylic acids is 2. The van der Waals surface area contributed by atoms with Crippen molar-refractivity contribution in [2.24, 2.45) is 5.92 Å². The van der Waals surface area contributed by atoms with Gasteiger partial charge in [0.1, 0.15) is 5.03 Å². The predicted octanol–water partition coefficient (Wildman–Crippen LogP) is 5.89.